The summed E-state index contributed by atoms with van der Waals surface area (Å²) in [6.07, 6.45) is 29.3. The van der Waals surface area contributed by atoms with Crippen molar-refractivity contribution in [3.05, 3.63) is 155 Å². The minimum absolute atomic E-state index is 0. The molecule has 0 bridgehead atoms. The number of cyclic esters (lactones) is 1. The second-order valence-corrected chi connectivity index (χ2v) is 23.8. The number of aliphatic hydroxyl groups excluding tert-OH is 3. The van der Waals surface area contributed by atoms with Gasteiger partial charge in [-0.3, -0.25) is 0 Å². The van der Waals surface area contributed by atoms with E-state index < -0.39 is 0 Å². The van der Waals surface area contributed by atoms with Crippen LogP contribution in [0.2, 0.25) is 6.82 Å². The number of benzene rings is 5. The molecule has 88 heavy (non-hydrogen) atoms. The van der Waals surface area contributed by atoms with Gasteiger partial charge in [-0.25, -0.2) is 4.79 Å². The first-order valence-corrected chi connectivity index (χ1v) is 32.7. The molecular formula is C70H103B2N4O12. The molecule has 0 spiro atoms. The zero-order chi connectivity index (χ0) is 62.2. The average molecular weight is 1210 g/mol. The molecule has 10 rings (SSSR count). The molecule has 1 heterocycles. The van der Waals surface area contributed by atoms with Gasteiger partial charge in [-0.05, 0) is 205 Å². The van der Waals surface area contributed by atoms with E-state index in [4.69, 9.17) is 45.4 Å². The number of ether oxygens (including phenoxy) is 5. The number of rotatable bonds is 26. The number of carbonyl (C=O) groups is 1. The van der Waals surface area contributed by atoms with Gasteiger partial charge in [0.2, 0.25) is 0 Å². The molecular weight excluding hydrogens is 1110 g/mol. The molecule has 5 aliphatic rings. The molecule has 1 amide bonds. The number of aliphatic hydroxyl groups is 3. The molecule has 5 aromatic carbocycles. The molecule has 9 N–H and O–H groups in total. The fraction of sp³-hybridized carbons (Fsp3) is 0.557. The van der Waals surface area contributed by atoms with Gasteiger partial charge in [0.25, 0.3) is 0 Å². The standard InChI is InChI=1S/C22H29NO2.C16H21NO3.2C15H23NO2.C2H5B2O3.H2/c24-17-20(23-16-19-7-3-1-4-8-19)15-18-11-13-22(14-12-18)25-21-9-5-2-6-10-21;18-16-17-13(11-19-16)10-12-6-8-15(9-7-12)20-14-4-2-1-3-5-14;2*16-13(11-17)10-12-6-8-15(9-7-12)18-14-4-2-1-3-5-14;1-3-7-6-2-4-5;/h1,3-4,7-8,11-14,20-21,23-24H,2,5-6,9-10,15-17H2;6-9,13-14H,1-5,10-11H2,(H,17,18);2*6-9,13-14,17H,1-5,10-11,16H2;2H2,1H3;1H. The van der Waals surface area contributed by atoms with Gasteiger partial charge in [-0.2, -0.15) is 0 Å². The molecule has 16 nitrogen and oxygen atoms in total. The van der Waals surface area contributed by atoms with E-state index in [1.807, 2.05) is 78.9 Å². The van der Waals surface area contributed by atoms with Gasteiger partial charge in [-0.15, -0.1) is 0 Å². The van der Waals surface area contributed by atoms with Crippen LogP contribution in [0.15, 0.2) is 127 Å². The summed E-state index contributed by atoms with van der Waals surface area (Å²) in [7, 11) is 1.97. The minimum Gasteiger partial charge on any atom is -0.490 e. The van der Waals surface area contributed by atoms with E-state index in [0.717, 1.165) is 53.5 Å². The first-order chi connectivity index (χ1) is 43.1. The van der Waals surface area contributed by atoms with Crippen LogP contribution < -0.4 is 41.0 Å². The third kappa shape index (κ3) is 29.7. The summed E-state index contributed by atoms with van der Waals surface area (Å²) in [6, 6.07) is 42.8. The second kappa shape index (κ2) is 43.0. The van der Waals surface area contributed by atoms with Crippen LogP contribution in [0, 0.1) is 0 Å². The summed E-state index contributed by atoms with van der Waals surface area (Å²) in [5.41, 5.74) is 17.4. The van der Waals surface area contributed by atoms with Gasteiger partial charge in [-0.1, -0.05) is 105 Å². The fourth-order valence-electron chi connectivity index (χ4n) is 11.4. The normalized spacial score (nSPS) is 18.2. The zero-order valence-electron chi connectivity index (χ0n) is 52.3. The molecule has 4 saturated carbocycles. The Morgan fingerprint density at radius 3 is 1.23 bits per heavy atom. The summed E-state index contributed by atoms with van der Waals surface area (Å²) in [4.78, 5) is 19.4. The third-order valence-corrected chi connectivity index (χ3v) is 16.2. The maximum absolute atomic E-state index is 11.0. The minimum atomic E-state index is -0.313. The summed E-state index contributed by atoms with van der Waals surface area (Å²) < 4.78 is 38.4. The largest absolute Gasteiger partial charge is 0.490 e. The van der Waals surface area contributed by atoms with Crippen molar-refractivity contribution < 1.29 is 59.6 Å². The number of amides is 1. The van der Waals surface area contributed by atoms with Crippen molar-refractivity contribution in [3.63, 3.8) is 0 Å². The Bertz CT molecular complexity index is 2510. The Balaban J connectivity index is 0.000000209. The van der Waals surface area contributed by atoms with Crippen molar-refractivity contribution >= 4 is 20.7 Å². The molecule has 4 atom stereocenters. The maximum atomic E-state index is 11.0. The van der Waals surface area contributed by atoms with Crippen molar-refractivity contribution in [1.29, 1.82) is 0 Å². The van der Waals surface area contributed by atoms with E-state index in [2.05, 4.69) is 68.9 Å². The molecule has 1 saturated heterocycles. The summed E-state index contributed by atoms with van der Waals surface area (Å²) in [6.45, 7) is 3.07. The van der Waals surface area contributed by atoms with Crippen LogP contribution in [0.1, 0.15) is 158 Å². The summed E-state index contributed by atoms with van der Waals surface area (Å²) >= 11 is 0. The van der Waals surface area contributed by atoms with Gasteiger partial charge in [0.05, 0.1) is 50.3 Å². The average Bonchev–Trinajstić information content (AvgIpc) is 4.13. The Hall–Kier alpha value is -5.82. The third-order valence-electron chi connectivity index (χ3n) is 16.2. The Labute approximate surface area is 527 Å². The van der Waals surface area contributed by atoms with Crippen LogP contribution >= 0.6 is 0 Å². The predicted molar refractivity (Wildman–Crippen MR) is 350 cm³/mol. The molecule has 1 radical (unpaired) electrons. The van der Waals surface area contributed by atoms with Crippen LogP contribution in [0.25, 0.3) is 0 Å². The van der Waals surface area contributed by atoms with E-state index in [-0.39, 0.29) is 58.0 Å². The number of hydrogen-bond donors (Lipinski definition) is 7. The predicted octanol–water partition coefficient (Wildman–Crippen LogP) is 11.5. The van der Waals surface area contributed by atoms with Gasteiger partial charge < -0.3 is 61.1 Å². The van der Waals surface area contributed by atoms with Crippen molar-refractivity contribution in [2.45, 2.75) is 216 Å². The summed E-state index contributed by atoms with van der Waals surface area (Å²) in [5, 5.41) is 33.7. The smallest absolute Gasteiger partial charge is 0.407 e. The number of alkyl carbamates (subject to hydrolysis) is 1. The Morgan fingerprint density at radius 1 is 0.523 bits per heavy atom. The first-order valence-electron chi connectivity index (χ1n) is 32.7. The van der Waals surface area contributed by atoms with E-state index in [0.29, 0.717) is 51.0 Å². The van der Waals surface area contributed by atoms with Gasteiger partial charge in [0, 0.05) is 26.1 Å². The monoisotopic (exact) mass is 1210 g/mol. The molecule has 5 fully saturated rings. The summed E-state index contributed by atoms with van der Waals surface area (Å²) in [5.74, 6) is 3.81. The van der Waals surface area contributed by atoms with E-state index >= 15 is 0 Å². The SMILES string of the molecule is C[B]OOCB=O.NC(CO)Cc1ccc(OC2CCCCC2)cc1.NC(CO)Cc1ccc(OC2CCCCC2)cc1.O=C1NC(Cc2ccc(OC3CCCCC3)cc2)CO1.OCC(Cc1ccc(OC2CCCCC2)cc1)NCc1ccccc1.[HH]. The van der Waals surface area contributed by atoms with Crippen LogP contribution in [0.5, 0.6) is 23.0 Å². The van der Waals surface area contributed by atoms with E-state index in [9.17, 15) is 14.6 Å². The Kier molecular flexibility index (Phi) is 34.8. The zero-order valence-corrected chi connectivity index (χ0v) is 52.3. The van der Waals surface area contributed by atoms with Crippen LogP contribution in [0.4, 0.5) is 4.79 Å². The van der Waals surface area contributed by atoms with E-state index in [1.54, 1.807) is 6.82 Å². The molecule has 4 aliphatic carbocycles. The molecule has 0 aromatic heterocycles. The van der Waals surface area contributed by atoms with Crippen LogP contribution in [0.3, 0.4) is 0 Å². The fourth-order valence-corrected chi connectivity index (χ4v) is 11.4. The topological polar surface area (TPSA) is 236 Å². The van der Waals surface area contributed by atoms with Gasteiger partial charge >= 0.3 is 48.5 Å². The molecule has 18 heteroatoms. The number of carbonyl (C=O) groups excluding carboxylic acids is 1. The Morgan fingerprint density at radius 2 is 0.898 bits per heavy atom. The van der Waals surface area contributed by atoms with Crippen LogP contribution in [-0.4, -0.2) is 118 Å². The quantitative estimate of drug-likeness (QED) is 0.0118. The first kappa shape index (κ1) is 71.3. The molecule has 1 aliphatic heterocycles. The molecule has 481 valence electrons. The molecule has 5 aromatic rings. The van der Waals surface area contributed by atoms with Crippen molar-refractivity contribution in [2.24, 2.45) is 11.5 Å². The van der Waals surface area contributed by atoms with Crippen molar-refractivity contribution in [1.82, 2.24) is 10.6 Å². The van der Waals surface area contributed by atoms with Gasteiger partial charge in [0.15, 0.2) is 0 Å². The second-order valence-electron chi connectivity index (χ2n) is 23.8. The van der Waals surface area contributed by atoms with E-state index in [1.165, 1.54) is 153 Å². The van der Waals surface area contributed by atoms with Crippen LogP contribution in [-0.2, 0) is 51.4 Å². The number of hydrogen-bond acceptors (Lipinski definition) is 15. The maximum Gasteiger partial charge on any atom is 0.407 e. The van der Waals surface area contributed by atoms with Crippen molar-refractivity contribution in [3.8, 4) is 23.0 Å². The number of nitrogens with two attached hydrogens (primary N) is 2. The van der Waals surface area contributed by atoms with Gasteiger partial charge in [0.1, 0.15) is 29.6 Å². The van der Waals surface area contributed by atoms with Crippen molar-refractivity contribution in [2.75, 3.05) is 32.9 Å². The molecule has 4 unspecified atom stereocenters. The number of nitrogens with one attached hydrogen (secondary N) is 2.